The number of nitrogens with one attached hydrogen (secondary N) is 1. The maximum absolute atomic E-state index is 6.14. The molecule has 1 N–H and O–H groups in total. The van der Waals surface area contributed by atoms with Gasteiger partial charge in [-0.1, -0.05) is 12.2 Å². The molecule has 2 fully saturated rings. The molecule has 2 aliphatic heterocycles. The average molecular weight is 224 g/mol. The molecule has 0 bridgehead atoms. The summed E-state index contributed by atoms with van der Waals surface area (Å²) in [6.45, 7) is 12.4. The van der Waals surface area contributed by atoms with Gasteiger partial charge in [-0.25, -0.2) is 0 Å². The highest BCUT2D eigenvalue weighted by Crippen LogP contribution is 2.29. The number of likely N-dealkylation sites (tertiary alicyclic amines) is 1. The van der Waals surface area contributed by atoms with Gasteiger partial charge in [-0.15, -0.1) is 0 Å². The van der Waals surface area contributed by atoms with Gasteiger partial charge in [0, 0.05) is 18.8 Å². The van der Waals surface area contributed by atoms with Gasteiger partial charge in [0.15, 0.2) is 0 Å². The molecule has 0 aliphatic carbocycles. The van der Waals surface area contributed by atoms with E-state index in [1.165, 1.54) is 50.9 Å². The van der Waals surface area contributed by atoms with Gasteiger partial charge in [-0.3, -0.25) is 0 Å². The van der Waals surface area contributed by atoms with Crippen molar-refractivity contribution >= 4 is 0 Å². The van der Waals surface area contributed by atoms with E-state index in [1.807, 2.05) is 0 Å². The second-order valence-electron chi connectivity index (χ2n) is 5.68. The van der Waals surface area contributed by atoms with Crippen LogP contribution in [-0.2, 0) is 4.74 Å². The van der Waals surface area contributed by atoms with Crippen molar-refractivity contribution in [2.24, 2.45) is 5.92 Å². The van der Waals surface area contributed by atoms with Gasteiger partial charge in [0.1, 0.15) is 12.6 Å². The van der Waals surface area contributed by atoms with Gasteiger partial charge in [0.2, 0.25) is 0 Å². The first-order valence-corrected chi connectivity index (χ1v) is 6.81. The van der Waals surface area contributed by atoms with Gasteiger partial charge in [-0.2, -0.15) is 0 Å². The summed E-state index contributed by atoms with van der Waals surface area (Å²) in [5.74, 6) is 0.601. The number of rotatable bonds is 3. The van der Waals surface area contributed by atoms with E-state index in [2.05, 4.69) is 20.4 Å². The molecule has 0 aromatic heterocycles. The predicted octanol–water partition coefficient (Wildman–Crippen LogP) is 1.42. The highest BCUT2D eigenvalue weighted by atomic mass is 16.5. The van der Waals surface area contributed by atoms with Crippen LogP contribution in [0.5, 0.6) is 0 Å². The Morgan fingerprint density at radius 2 is 2.00 bits per heavy atom. The monoisotopic (exact) mass is 224 g/mol. The molecule has 0 radical (unpaired) electrons. The van der Waals surface area contributed by atoms with Crippen molar-refractivity contribution in [3.05, 3.63) is 12.2 Å². The Morgan fingerprint density at radius 1 is 1.31 bits per heavy atom. The van der Waals surface area contributed by atoms with Gasteiger partial charge in [0.25, 0.3) is 0 Å². The molecule has 2 heteroatoms. The lowest BCUT2D eigenvalue weighted by molar-refractivity contribution is -0.891. The third kappa shape index (κ3) is 2.86. The predicted molar refractivity (Wildman–Crippen MR) is 66.7 cm³/mol. The topological polar surface area (TPSA) is 13.7 Å². The van der Waals surface area contributed by atoms with E-state index in [1.54, 1.807) is 4.90 Å². The molecule has 3 atom stereocenters. The number of quaternary nitrogens is 1. The SMILES string of the molecule is C=C(C)[C@@H]1CC[C@@H](C)O[C@H]1C[NH+]1CCCC1. The van der Waals surface area contributed by atoms with E-state index >= 15 is 0 Å². The maximum atomic E-state index is 6.14. The first kappa shape index (κ1) is 12.1. The molecule has 16 heavy (non-hydrogen) atoms. The van der Waals surface area contributed by atoms with E-state index in [-0.39, 0.29) is 0 Å². The van der Waals surface area contributed by atoms with Crippen LogP contribution < -0.4 is 4.90 Å². The van der Waals surface area contributed by atoms with Crippen molar-refractivity contribution < 1.29 is 9.64 Å². The summed E-state index contributed by atoms with van der Waals surface area (Å²) in [6, 6.07) is 0. The van der Waals surface area contributed by atoms with Gasteiger partial charge in [0.05, 0.1) is 19.2 Å². The van der Waals surface area contributed by atoms with Crippen LogP contribution in [-0.4, -0.2) is 31.8 Å². The Morgan fingerprint density at radius 3 is 2.62 bits per heavy atom. The van der Waals surface area contributed by atoms with Crippen molar-refractivity contribution in [3.8, 4) is 0 Å². The summed E-state index contributed by atoms with van der Waals surface area (Å²) in [4.78, 5) is 1.74. The molecule has 0 amide bonds. The first-order chi connectivity index (χ1) is 7.66. The zero-order chi connectivity index (χ0) is 11.5. The molecule has 0 saturated carbocycles. The zero-order valence-electron chi connectivity index (χ0n) is 10.8. The Hall–Kier alpha value is -0.340. The summed E-state index contributed by atoms with van der Waals surface area (Å²) in [5.41, 5.74) is 1.32. The molecule has 0 unspecified atom stereocenters. The molecule has 2 heterocycles. The number of hydrogen-bond donors (Lipinski definition) is 1. The lowest BCUT2D eigenvalue weighted by Crippen LogP contribution is -3.11. The fourth-order valence-corrected chi connectivity index (χ4v) is 3.18. The van der Waals surface area contributed by atoms with Crippen LogP contribution in [0.3, 0.4) is 0 Å². The van der Waals surface area contributed by atoms with Gasteiger partial charge < -0.3 is 9.64 Å². The standard InChI is InChI=1S/C14H25NO/c1-11(2)13-7-6-12(3)16-14(13)10-15-8-4-5-9-15/h12-14H,1,4-10H2,2-3H3/p+1/t12-,13+,14+/m1/s1. The second kappa shape index (κ2) is 5.33. The molecular formula is C14H26NO+. The molecular weight excluding hydrogens is 198 g/mol. The van der Waals surface area contributed by atoms with Crippen LogP contribution in [0.1, 0.15) is 39.5 Å². The summed E-state index contributed by atoms with van der Waals surface area (Å²) in [6.07, 6.45) is 6.14. The molecule has 92 valence electrons. The smallest absolute Gasteiger partial charge is 0.113 e. The molecule has 2 rings (SSSR count). The maximum Gasteiger partial charge on any atom is 0.113 e. The third-order valence-corrected chi connectivity index (χ3v) is 4.17. The van der Waals surface area contributed by atoms with E-state index in [9.17, 15) is 0 Å². The first-order valence-electron chi connectivity index (χ1n) is 6.81. The number of ether oxygens (including phenoxy) is 1. The van der Waals surface area contributed by atoms with Crippen LogP contribution in [0.2, 0.25) is 0 Å². The Kier molecular flexibility index (Phi) is 4.04. The van der Waals surface area contributed by atoms with Crippen LogP contribution in [0.15, 0.2) is 12.2 Å². The van der Waals surface area contributed by atoms with Crippen LogP contribution >= 0.6 is 0 Å². The molecule has 2 aliphatic rings. The third-order valence-electron chi connectivity index (χ3n) is 4.17. The van der Waals surface area contributed by atoms with E-state index in [0.29, 0.717) is 18.1 Å². The van der Waals surface area contributed by atoms with E-state index < -0.39 is 0 Å². The normalized spacial score (nSPS) is 36.5. The highest BCUT2D eigenvalue weighted by Gasteiger charge is 2.33. The zero-order valence-corrected chi connectivity index (χ0v) is 10.8. The van der Waals surface area contributed by atoms with E-state index in [0.717, 1.165) is 0 Å². The summed E-state index contributed by atoms with van der Waals surface area (Å²) < 4.78 is 6.14. The molecule has 2 nitrogen and oxygen atoms in total. The lowest BCUT2D eigenvalue weighted by Gasteiger charge is -2.36. The second-order valence-corrected chi connectivity index (χ2v) is 5.68. The van der Waals surface area contributed by atoms with Gasteiger partial charge >= 0.3 is 0 Å². The van der Waals surface area contributed by atoms with Crippen LogP contribution in [0, 0.1) is 5.92 Å². The average Bonchev–Trinajstić information content (AvgIpc) is 2.70. The Bertz CT molecular complexity index is 245. The van der Waals surface area contributed by atoms with Crippen molar-refractivity contribution in [1.29, 1.82) is 0 Å². The summed E-state index contributed by atoms with van der Waals surface area (Å²) >= 11 is 0. The summed E-state index contributed by atoms with van der Waals surface area (Å²) in [5, 5.41) is 0. The summed E-state index contributed by atoms with van der Waals surface area (Å²) in [7, 11) is 0. The van der Waals surface area contributed by atoms with Crippen LogP contribution in [0.25, 0.3) is 0 Å². The minimum atomic E-state index is 0.425. The molecule has 2 saturated heterocycles. The minimum Gasteiger partial charge on any atom is -0.369 e. The largest absolute Gasteiger partial charge is 0.369 e. The Balaban J connectivity index is 1.93. The van der Waals surface area contributed by atoms with Crippen molar-refractivity contribution in [1.82, 2.24) is 0 Å². The fourth-order valence-electron chi connectivity index (χ4n) is 3.18. The van der Waals surface area contributed by atoms with Crippen LogP contribution in [0.4, 0.5) is 0 Å². The van der Waals surface area contributed by atoms with Crippen molar-refractivity contribution in [2.75, 3.05) is 19.6 Å². The molecule has 0 spiro atoms. The lowest BCUT2D eigenvalue weighted by atomic mass is 9.86. The van der Waals surface area contributed by atoms with Crippen molar-refractivity contribution in [3.63, 3.8) is 0 Å². The van der Waals surface area contributed by atoms with Gasteiger partial charge in [-0.05, 0) is 26.7 Å². The quantitative estimate of drug-likeness (QED) is 0.716. The minimum absolute atomic E-state index is 0.425. The molecule has 0 aromatic carbocycles. The number of hydrogen-bond acceptors (Lipinski definition) is 1. The van der Waals surface area contributed by atoms with Crippen molar-refractivity contribution in [2.45, 2.75) is 51.7 Å². The Labute approximate surface area is 99.7 Å². The fraction of sp³-hybridized carbons (Fsp3) is 0.857. The highest BCUT2D eigenvalue weighted by molar-refractivity contribution is 5.01. The van der Waals surface area contributed by atoms with E-state index in [4.69, 9.17) is 4.74 Å². The molecule has 0 aromatic rings.